The maximum atomic E-state index is 13.0. The zero-order valence-electron chi connectivity index (χ0n) is 25.5. The summed E-state index contributed by atoms with van der Waals surface area (Å²) in [7, 11) is 0. The van der Waals surface area contributed by atoms with Crippen LogP contribution in [-0.2, 0) is 30.3 Å². The van der Waals surface area contributed by atoms with Gasteiger partial charge in [-0.2, -0.15) is 0 Å². The van der Waals surface area contributed by atoms with E-state index in [2.05, 4.69) is 16.0 Å². The topological polar surface area (TPSA) is 149 Å². The summed E-state index contributed by atoms with van der Waals surface area (Å²) >= 11 is 0. The highest BCUT2D eigenvalue weighted by atomic mass is 16.6. The predicted octanol–water partition coefficient (Wildman–Crippen LogP) is 3.79. The Morgan fingerprint density at radius 2 is 1.49 bits per heavy atom. The van der Waals surface area contributed by atoms with Gasteiger partial charge in [0.25, 0.3) is 0 Å². The fraction of sp³-hybridized carbons (Fsp3) is 0.406. The summed E-state index contributed by atoms with van der Waals surface area (Å²) in [5.41, 5.74) is 2.44. The molecule has 2 aromatic carbocycles. The molecule has 0 aromatic heterocycles. The Morgan fingerprint density at radius 1 is 0.860 bits per heavy atom. The molecular formula is C32H39N3O8. The minimum atomic E-state index is -0.934. The van der Waals surface area contributed by atoms with Gasteiger partial charge in [0.05, 0.1) is 0 Å². The lowest BCUT2D eigenvalue weighted by atomic mass is 9.80. The largest absolute Gasteiger partial charge is 0.444 e. The molecular weight excluding hydrogens is 554 g/mol. The molecule has 0 bridgehead atoms. The number of fused-ring (bicyclic) bond motifs is 1. The highest BCUT2D eigenvalue weighted by Crippen LogP contribution is 2.43. The molecule has 3 amide bonds. The highest BCUT2D eigenvalue weighted by molar-refractivity contribution is 5.91. The fourth-order valence-corrected chi connectivity index (χ4v) is 4.57. The van der Waals surface area contributed by atoms with Crippen molar-refractivity contribution in [1.29, 1.82) is 0 Å². The van der Waals surface area contributed by atoms with E-state index in [1.165, 1.54) is 27.7 Å². The Morgan fingerprint density at radius 3 is 2.09 bits per heavy atom. The van der Waals surface area contributed by atoms with E-state index in [1.54, 1.807) is 32.9 Å². The van der Waals surface area contributed by atoms with Gasteiger partial charge in [-0.15, -0.1) is 0 Å². The van der Waals surface area contributed by atoms with Crippen molar-refractivity contribution < 1.29 is 38.2 Å². The number of rotatable bonds is 9. The number of benzene rings is 2. The molecule has 43 heavy (non-hydrogen) atoms. The van der Waals surface area contributed by atoms with Crippen molar-refractivity contribution in [2.24, 2.45) is 0 Å². The highest BCUT2D eigenvalue weighted by Gasteiger charge is 2.29. The summed E-state index contributed by atoms with van der Waals surface area (Å²) in [5.74, 6) is -1.96. The van der Waals surface area contributed by atoms with Crippen molar-refractivity contribution in [3.8, 4) is 11.5 Å². The van der Waals surface area contributed by atoms with Crippen LogP contribution in [0.1, 0.15) is 71.1 Å². The molecule has 3 N–H and O–H groups in total. The average Bonchev–Trinajstić information content (AvgIpc) is 2.91. The number of allylic oxidation sites excluding steroid dienone is 1. The van der Waals surface area contributed by atoms with Gasteiger partial charge in [-0.25, -0.2) is 4.79 Å². The smallest absolute Gasteiger partial charge is 0.408 e. The van der Waals surface area contributed by atoms with Crippen LogP contribution in [0.4, 0.5) is 4.79 Å². The number of hydrogen-bond acceptors (Lipinski definition) is 8. The van der Waals surface area contributed by atoms with Crippen LogP contribution in [-0.4, -0.2) is 54.1 Å². The zero-order chi connectivity index (χ0) is 31.9. The third-order valence-electron chi connectivity index (χ3n) is 6.46. The predicted molar refractivity (Wildman–Crippen MR) is 159 cm³/mol. The number of hydrogen-bond donors (Lipinski definition) is 3. The fourth-order valence-electron chi connectivity index (χ4n) is 4.57. The lowest BCUT2D eigenvalue weighted by Gasteiger charge is -2.28. The van der Waals surface area contributed by atoms with Crippen LogP contribution in [0.25, 0.3) is 5.57 Å². The summed E-state index contributed by atoms with van der Waals surface area (Å²) < 4.78 is 16.1. The molecule has 2 aromatic rings. The second-order valence-corrected chi connectivity index (χ2v) is 11.3. The van der Waals surface area contributed by atoms with E-state index < -0.39 is 47.5 Å². The minimum absolute atomic E-state index is 0.105. The SMILES string of the molecule is CC(=O)Oc1ccc2c(c1OC(C)=O)CC(c1ccccc1)C=C2CNC(=O)C(C)NC(=O)C(C)NC(=O)OC(C)(C)C. The summed E-state index contributed by atoms with van der Waals surface area (Å²) in [5, 5.41) is 7.91. The summed E-state index contributed by atoms with van der Waals surface area (Å²) in [4.78, 5) is 61.4. The van der Waals surface area contributed by atoms with Gasteiger partial charge in [0.1, 0.15) is 17.7 Å². The molecule has 0 fully saturated rings. The molecule has 0 heterocycles. The quantitative estimate of drug-likeness (QED) is 0.294. The summed E-state index contributed by atoms with van der Waals surface area (Å²) in [6.45, 7) is 10.8. The van der Waals surface area contributed by atoms with E-state index in [4.69, 9.17) is 14.2 Å². The van der Waals surface area contributed by atoms with Crippen LogP contribution in [0.3, 0.4) is 0 Å². The van der Waals surface area contributed by atoms with Crippen LogP contribution in [0.15, 0.2) is 48.5 Å². The second-order valence-electron chi connectivity index (χ2n) is 11.3. The number of ether oxygens (including phenoxy) is 3. The number of amides is 3. The van der Waals surface area contributed by atoms with Gasteiger partial charge in [-0.05, 0) is 63.8 Å². The number of alkyl carbamates (subject to hydrolysis) is 1. The first-order chi connectivity index (χ1) is 20.1. The van der Waals surface area contributed by atoms with Gasteiger partial charge in [0.15, 0.2) is 11.5 Å². The van der Waals surface area contributed by atoms with Crippen molar-refractivity contribution >= 4 is 35.4 Å². The van der Waals surface area contributed by atoms with Crippen molar-refractivity contribution in [2.75, 3.05) is 6.54 Å². The molecule has 230 valence electrons. The van der Waals surface area contributed by atoms with Crippen molar-refractivity contribution in [3.63, 3.8) is 0 Å². The maximum absolute atomic E-state index is 13.0. The minimum Gasteiger partial charge on any atom is -0.444 e. The Kier molecular flexibility index (Phi) is 10.7. The van der Waals surface area contributed by atoms with Gasteiger partial charge in [0, 0.05) is 31.9 Å². The van der Waals surface area contributed by atoms with E-state index in [0.29, 0.717) is 12.0 Å². The number of carbonyl (C=O) groups is 5. The first kappa shape index (κ1) is 32.8. The van der Waals surface area contributed by atoms with Crippen molar-refractivity contribution in [2.45, 2.75) is 78.5 Å². The molecule has 0 saturated carbocycles. The number of carbonyl (C=O) groups excluding carboxylic acids is 5. The first-order valence-electron chi connectivity index (χ1n) is 14.0. The molecule has 3 rings (SSSR count). The zero-order valence-corrected chi connectivity index (χ0v) is 25.5. The van der Waals surface area contributed by atoms with Gasteiger partial charge in [0.2, 0.25) is 11.8 Å². The van der Waals surface area contributed by atoms with E-state index in [9.17, 15) is 24.0 Å². The van der Waals surface area contributed by atoms with Gasteiger partial charge in [-0.3, -0.25) is 19.2 Å². The van der Waals surface area contributed by atoms with Gasteiger partial charge in [-0.1, -0.05) is 42.5 Å². The van der Waals surface area contributed by atoms with Crippen LogP contribution < -0.4 is 25.4 Å². The van der Waals surface area contributed by atoms with Crippen molar-refractivity contribution in [3.05, 3.63) is 65.2 Å². The monoisotopic (exact) mass is 593 g/mol. The van der Waals surface area contributed by atoms with E-state index >= 15 is 0 Å². The Hall–Kier alpha value is -4.67. The molecule has 0 saturated heterocycles. The maximum Gasteiger partial charge on any atom is 0.408 e. The van der Waals surface area contributed by atoms with Crippen LogP contribution in [0.2, 0.25) is 0 Å². The van der Waals surface area contributed by atoms with Gasteiger partial charge < -0.3 is 30.2 Å². The number of nitrogens with one attached hydrogen (secondary N) is 3. The van der Waals surface area contributed by atoms with Gasteiger partial charge >= 0.3 is 18.0 Å². The normalized spacial score (nSPS) is 15.5. The first-order valence-corrected chi connectivity index (χ1v) is 14.0. The molecule has 3 atom stereocenters. The Bertz CT molecular complexity index is 1410. The second kappa shape index (κ2) is 14.0. The third-order valence-corrected chi connectivity index (χ3v) is 6.46. The van der Waals surface area contributed by atoms with Crippen LogP contribution >= 0.6 is 0 Å². The molecule has 0 spiro atoms. The van der Waals surface area contributed by atoms with Crippen molar-refractivity contribution in [1.82, 2.24) is 16.0 Å². The average molecular weight is 594 g/mol. The molecule has 0 aliphatic heterocycles. The molecule has 1 aliphatic carbocycles. The summed E-state index contributed by atoms with van der Waals surface area (Å²) in [6.07, 6.45) is 1.76. The molecule has 11 nitrogen and oxygen atoms in total. The molecule has 3 unspecified atom stereocenters. The standard InChI is InChI=1S/C32H39N3O8/c1-18(34-30(39)19(2)35-31(40)43-32(5,6)7)29(38)33-17-24-15-23(22-11-9-8-10-12-22)16-26-25(24)13-14-27(41-20(3)36)28(26)42-21(4)37/h8-15,18-19,23H,16-17H2,1-7H3,(H,33,38)(H,34,39)(H,35,40). The lowest BCUT2D eigenvalue weighted by molar-refractivity contribution is -0.134. The Balaban J connectivity index is 1.80. The van der Waals surface area contributed by atoms with Crippen LogP contribution in [0.5, 0.6) is 11.5 Å². The Labute approximate surface area is 251 Å². The lowest BCUT2D eigenvalue weighted by Crippen LogP contribution is -2.52. The van der Waals surface area contributed by atoms with E-state index in [1.807, 2.05) is 36.4 Å². The third kappa shape index (κ3) is 9.42. The van der Waals surface area contributed by atoms with E-state index in [0.717, 1.165) is 16.7 Å². The molecule has 0 radical (unpaired) electrons. The summed E-state index contributed by atoms with van der Waals surface area (Å²) in [6, 6.07) is 11.2. The number of esters is 2. The molecule has 1 aliphatic rings. The molecule has 11 heteroatoms. The van der Waals surface area contributed by atoms with E-state index in [-0.39, 0.29) is 24.0 Å². The van der Waals surface area contributed by atoms with Crippen LogP contribution in [0, 0.1) is 0 Å².